The minimum atomic E-state index is -3.54. The maximum atomic E-state index is 13.3. The van der Waals surface area contributed by atoms with E-state index >= 15 is 0 Å². The van der Waals surface area contributed by atoms with Gasteiger partial charge in [-0.2, -0.15) is 0 Å². The Kier molecular flexibility index (Phi) is 6.31. The van der Waals surface area contributed by atoms with Crippen molar-refractivity contribution >= 4 is 16.0 Å². The van der Waals surface area contributed by atoms with Gasteiger partial charge >= 0.3 is 0 Å². The lowest BCUT2D eigenvalue weighted by Crippen LogP contribution is -2.18. The van der Waals surface area contributed by atoms with Crippen LogP contribution in [0.15, 0.2) is 36.6 Å². The lowest BCUT2D eigenvalue weighted by molar-refractivity contribution is 0.471. The van der Waals surface area contributed by atoms with Gasteiger partial charge in [0.25, 0.3) is 0 Å². The summed E-state index contributed by atoms with van der Waals surface area (Å²) >= 11 is 0. The van der Waals surface area contributed by atoms with Crippen molar-refractivity contribution in [3.63, 3.8) is 0 Å². The van der Waals surface area contributed by atoms with Crippen molar-refractivity contribution in [2.45, 2.75) is 33.1 Å². The summed E-state index contributed by atoms with van der Waals surface area (Å²) in [7, 11) is -3.54. The Hall–Kier alpha value is -2.48. The van der Waals surface area contributed by atoms with Gasteiger partial charge in [0.15, 0.2) is 0 Å². The molecule has 0 radical (unpaired) electrons. The topological polar surface area (TPSA) is 92.2 Å². The van der Waals surface area contributed by atoms with E-state index in [1.165, 1.54) is 19.1 Å². The number of anilines is 1. The van der Waals surface area contributed by atoms with Gasteiger partial charge in [-0.25, -0.2) is 22.8 Å². The molecule has 0 atom stereocenters. The molecule has 0 saturated carbocycles. The van der Waals surface area contributed by atoms with Crippen LogP contribution in [0, 0.1) is 5.82 Å². The molecule has 0 amide bonds. The summed E-state index contributed by atoms with van der Waals surface area (Å²) in [5.41, 5.74) is 2.53. The molecule has 140 valence electrons. The minimum Gasteiger partial charge on any atom is -0.516 e. The van der Waals surface area contributed by atoms with E-state index in [9.17, 15) is 12.8 Å². The monoisotopic (exact) mass is 379 g/mol. The van der Waals surface area contributed by atoms with Gasteiger partial charge < -0.3 is 5.11 Å². The largest absolute Gasteiger partial charge is 0.516 e. The Labute approximate surface area is 152 Å². The summed E-state index contributed by atoms with van der Waals surface area (Å²) in [5.74, 6) is -0.514. The van der Waals surface area contributed by atoms with Gasteiger partial charge in [-0.1, -0.05) is 13.8 Å². The lowest BCUT2D eigenvalue weighted by atomic mass is 9.96. The van der Waals surface area contributed by atoms with Gasteiger partial charge in [-0.3, -0.25) is 4.72 Å². The van der Waals surface area contributed by atoms with Crippen LogP contribution >= 0.6 is 0 Å². The number of nitrogens with one attached hydrogen (secondary N) is 1. The molecule has 0 aliphatic heterocycles. The Morgan fingerprint density at radius 3 is 2.42 bits per heavy atom. The molecular weight excluding hydrogens is 357 g/mol. The third-order valence-corrected chi connectivity index (χ3v) is 5.01. The van der Waals surface area contributed by atoms with Crippen molar-refractivity contribution in [2.75, 3.05) is 10.5 Å². The first-order valence-corrected chi connectivity index (χ1v) is 9.89. The van der Waals surface area contributed by atoms with E-state index in [4.69, 9.17) is 5.11 Å². The fraction of sp³-hybridized carbons (Fsp3) is 0.333. The summed E-state index contributed by atoms with van der Waals surface area (Å²) in [5, 5.41) is 9.03. The third-order valence-electron chi connectivity index (χ3n) is 3.76. The number of aliphatic hydroxyl groups excluding tert-OH is 1. The number of hydrogen-bond acceptors (Lipinski definition) is 5. The van der Waals surface area contributed by atoms with Crippen molar-refractivity contribution < 1.29 is 17.9 Å². The first kappa shape index (κ1) is 19.8. The van der Waals surface area contributed by atoms with Crippen LogP contribution < -0.4 is 4.72 Å². The molecule has 1 heterocycles. The molecule has 2 rings (SSSR count). The highest BCUT2D eigenvalue weighted by atomic mass is 32.2. The number of halogens is 1. The van der Waals surface area contributed by atoms with Crippen molar-refractivity contribution in [1.82, 2.24) is 9.97 Å². The average molecular weight is 379 g/mol. The summed E-state index contributed by atoms with van der Waals surface area (Å²) in [6, 6.07) is 5.78. The van der Waals surface area contributed by atoms with Crippen LogP contribution in [0.3, 0.4) is 0 Å². The van der Waals surface area contributed by atoms with E-state index in [0.717, 1.165) is 11.8 Å². The van der Waals surface area contributed by atoms with Crippen molar-refractivity contribution in [1.29, 1.82) is 0 Å². The van der Waals surface area contributed by atoms with Crippen LogP contribution in [0.1, 0.15) is 37.9 Å². The maximum Gasteiger partial charge on any atom is 0.237 e. The summed E-state index contributed by atoms with van der Waals surface area (Å²) in [4.78, 5) is 8.73. The Morgan fingerprint density at radius 2 is 1.88 bits per heavy atom. The van der Waals surface area contributed by atoms with Crippen LogP contribution in [0.5, 0.6) is 0 Å². The zero-order valence-corrected chi connectivity index (χ0v) is 15.7. The molecule has 0 saturated heterocycles. The van der Waals surface area contributed by atoms with Crippen molar-refractivity contribution in [3.8, 4) is 11.3 Å². The van der Waals surface area contributed by atoms with Crippen LogP contribution in [-0.4, -0.2) is 29.2 Å². The number of nitrogens with zero attached hydrogens (tertiary/aromatic N) is 2. The fourth-order valence-corrected chi connectivity index (χ4v) is 2.97. The molecular formula is C18H22FN3O3S. The van der Waals surface area contributed by atoms with Crippen LogP contribution in [-0.2, 0) is 16.4 Å². The molecule has 1 aromatic carbocycles. The zero-order valence-electron chi connectivity index (χ0n) is 14.9. The van der Waals surface area contributed by atoms with E-state index in [1.54, 1.807) is 18.2 Å². The minimum absolute atomic E-state index is 0.0100. The lowest BCUT2D eigenvalue weighted by Gasteiger charge is -2.17. The van der Waals surface area contributed by atoms with Crippen molar-refractivity contribution in [2.24, 2.45) is 0 Å². The predicted octanol–water partition coefficient (Wildman–Crippen LogP) is 3.78. The van der Waals surface area contributed by atoms with E-state index in [-0.39, 0.29) is 23.4 Å². The molecule has 2 aromatic rings. The van der Waals surface area contributed by atoms with Gasteiger partial charge in [-0.05, 0) is 49.6 Å². The van der Waals surface area contributed by atoms with E-state index in [2.05, 4.69) is 14.7 Å². The first-order valence-electron chi connectivity index (χ1n) is 8.23. The molecule has 6 nitrogen and oxygen atoms in total. The van der Waals surface area contributed by atoms with Crippen LogP contribution in [0.4, 0.5) is 10.3 Å². The second kappa shape index (κ2) is 8.27. The molecule has 0 unspecified atom stereocenters. The van der Waals surface area contributed by atoms with Gasteiger partial charge in [0, 0.05) is 11.1 Å². The van der Waals surface area contributed by atoms with Gasteiger partial charge in [0.05, 0.1) is 23.4 Å². The van der Waals surface area contributed by atoms with Gasteiger partial charge in [0.2, 0.25) is 16.0 Å². The third kappa shape index (κ3) is 4.78. The Morgan fingerprint density at radius 1 is 1.23 bits per heavy atom. The number of sulfonamides is 1. The molecule has 1 aromatic heterocycles. The van der Waals surface area contributed by atoms with E-state index in [0.29, 0.717) is 23.4 Å². The van der Waals surface area contributed by atoms with Crippen LogP contribution in [0.2, 0.25) is 0 Å². The van der Waals surface area contributed by atoms with Gasteiger partial charge in [0.1, 0.15) is 5.82 Å². The van der Waals surface area contributed by atoms with E-state index in [1.807, 2.05) is 13.8 Å². The standard InChI is InChI=1S/C18H22FN3O3S/c1-4-26(24,25)22-18-20-16(12(2)3)15(6-5-11-23)17(21-18)13-7-9-14(19)10-8-13/h5,7-12,23H,4,6H2,1-3H3,(H,20,21,22)/b11-5+. The number of hydrogen-bond donors (Lipinski definition) is 2. The molecule has 8 heteroatoms. The fourth-order valence-electron chi connectivity index (χ4n) is 2.45. The second-order valence-electron chi connectivity index (χ2n) is 6.02. The number of rotatable bonds is 7. The molecule has 0 spiro atoms. The average Bonchev–Trinajstić information content (AvgIpc) is 2.60. The Bertz CT molecular complexity index is 895. The molecule has 0 fully saturated rings. The molecule has 0 bridgehead atoms. The molecule has 0 aliphatic carbocycles. The zero-order chi connectivity index (χ0) is 19.3. The highest BCUT2D eigenvalue weighted by molar-refractivity contribution is 7.92. The van der Waals surface area contributed by atoms with E-state index < -0.39 is 10.0 Å². The summed E-state index contributed by atoms with van der Waals surface area (Å²) in [6.45, 7) is 5.38. The maximum absolute atomic E-state index is 13.3. The summed E-state index contributed by atoms with van der Waals surface area (Å²) < 4.78 is 39.5. The summed E-state index contributed by atoms with van der Waals surface area (Å²) in [6.07, 6.45) is 2.84. The molecule has 2 N–H and O–H groups in total. The van der Waals surface area contributed by atoms with Crippen LogP contribution in [0.25, 0.3) is 11.3 Å². The molecule has 26 heavy (non-hydrogen) atoms. The number of allylic oxidation sites excluding steroid dienone is 1. The molecule has 0 aliphatic rings. The van der Waals surface area contributed by atoms with Gasteiger partial charge in [-0.15, -0.1) is 0 Å². The number of aromatic nitrogens is 2. The normalized spacial score (nSPS) is 12.0. The smallest absolute Gasteiger partial charge is 0.237 e. The Balaban J connectivity index is 2.70. The first-order chi connectivity index (χ1) is 12.3. The highest BCUT2D eigenvalue weighted by Crippen LogP contribution is 2.30. The highest BCUT2D eigenvalue weighted by Gasteiger charge is 2.19. The second-order valence-corrected chi connectivity index (χ2v) is 8.03. The quantitative estimate of drug-likeness (QED) is 0.714. The number of aliphatic hydroxyl groups is 1. The predicted molar refractivity (Wildman–Crippen MR) is 100 cm³/mol. The SMILES string of the molecule is CCS(=O)(=O)Nc1nc(-c2ccc(F)cc2)c(C/C=C/O)c(C(C)C)n1. The number of benzene rings is 1. The van der Waals surface area contributed by atoms with Crippen molar-refractivity contribution in [3.05, 3.63) is 53.7 Å².